The van der Waals surface area contributed by atoms with E-state index in [-0.39, 0.29) is 11.6 Å². The molecule has 0 atom stereocenters. The van der Waals surface area contributed by atoms with Crippen LogP contribution in [0.1, 0.15) is 37.4 Å². The Kier molecular flexibility index (Phi) is 3.16. The van der Waals surface area contributed by atoms with Gasteiger partial charge in [-0.3, -0.25) is 9.59 Å². The molecule has 0 radical (unpaired) electrons. The minimum Gasteiger partial charge on any atom is -0.289 e. The molecule has 2 aromatic rings. The van der Waals surface area contributed by atoms with E-state index < -0.39 is 0 Å². The van der Waals surface area contributed by atoms with Gasteiger partial charge in [-0.1, -0.05) is 66.8 Å². The molecule has 0 unspecified atom stereocenters. The summed E-state index contributed by atoms with van der Waals surface area (Å²) in [7, 11) is 0. The highest BCUT2D eigenvalue weighted by Crippen LogP contribution is 2.28. The van der Waals surface area contributed by atoms with Crippen molar-refractivity contribution in [3.8, 4) is 0 Å². The van der Waals surface area contributed by atoms with Crippen molar-refractivity contribution in [2.75, 3.05) is 0 Å². The lowest BCUT2D eigenvalue weighted by Gasteiger charge is -2.17. The molecule has 2 aromatic carbocycles. The number of carbonyl (C=O) groups is 2. The molecule has 2 aliphatic rings. The summed E-state index contributed by atoms with van der Waals surface area (Å²) in [5.74, 6) is 0.141. The van der Waals surface area contributed by atoms with Crippen LogP contribution < -0.4 is 0 Å². The van der Waals surface area contributed by atoms with Crippen LogP contribution in [0.3, 0.4) is 0 Å². The van der Waals surface area contributed by atoms with Gasteiger partial charge < -0.3 is 0 Å². The molecule has 0 bridgehead atoms. The van der Waals surface area contributed by atoms with Gasteiger partial charge in [0.05, 0.1) is 0 Å². The Morgan fingerprint density at radius 2 is 1.35 bits per heavy atom. The van der Waals surface area contributed by atoms with E-state index in [1.165, 1.54) is 0 Å². The quantitative estimate of drug-likeness (QED) is 0.710. The molecule has 0 N–H and O–H groups in total. The first-order valence-electron chi connectivity index (χ1n) is 7.60. The Morgan fingerprint density at radius 3 is 2.04 bits per heavy atom. The van der Waals surface area contributed by atoms with Crippen molar-refractivity contribution in [1.29, 1.82) is 0 Å². The van der Waals surface area contributed by atoms with E-state index in [9.17, 15) is 9.59 Å². The highest BCUT2D eigenvalue weighted by molar-refractivity contribution is 6.28. The molecular weight excluding hydrogens is 284 g/mol. The summed E-state index contributed by atoms with van der Waals surface area (Å²) < 4.78 is 0. The van der Waals surface area contributed by atoms with Crippen LogP contribution in [0, 0.1) is 5.92 Å². The first-order valence-corrected chi connectivity index (χ1v) is 7.60. The summed E-state index contributed by atoms with van der Waals surface area (Å²) in [6.45, 7) is 0. The van der Waals surface area contributed by atoms with Crippen LogP contribution in [-0.2, 0) is 0 Å². The second kappa shape index (κ2) is 5.33. The third kappa shape index (κ3) is 2.29. The highest BCUT2D eigenvalue weighted by atomic mass is 16.1. The number of carbonyl (C=O) groups excluding carboxylic acids is 2. The number of hydrogen-bond acceptors (Lipinski definition) is 2. The lowest BCUT2D eigenvalue weighted by molar-refractivity contribution is 0.0979. The van der Waals surface area contributed by atoms with E-state index in [0.717, 1.165) is 5.56 Å². The van der Waals surface area contributed by atoms with Crippen LogP contribution in [0.4, 0.5) is 0 Å². The summed E-state index contributed by atoms with van der Waals surface area (Å²) in [5.41, 5.74) is 2.90. The van der Waals surface area contributed by atoms with Gasteiger partial charge in [0.15, 0.2) is 11.6 Å². The Labute approximate surface area is 134 Å². The molecule has 110 valence electrons. The molecule has 0 heterocycles. The third-order valence-electron chi connectivity index (χ3n) is 4.24. The first-order chi connectivity index (χ1) is 11.2. The summed E-state index contributed by atoms with van der Waals surface area (Å²) >= 11 is 0. The van der Waals surface area contributed by atoms with Crippen LogP contribution in [0.15, 0.2) is 72.8 Å². The average molecular weight is 298 g/mol. The predicted octanol–water partition coefficient (Wildman–Crippen LogP) is 4.22. The zero-order valence-corrected chi connectivity index (χ0v) is 12.4. The lowest BCUT2D eigenvalue weighted by Crippen LogP contribution is -2.20. The van der Waals surface area contributed by atoms with Gasteiger partial charge in [-0.2, -0.15) is 0 Å². The van der Waals surface area contributed by atoms with Gasteiger partial charge in [-0.05, 0) is 17.7 Å². The molecular formula is C21H14O2. The molecule has 2 heteroatoms. The molecule has 0 aromatic heterocycles. The molecule has 2 nitrogen and oxygen atoms in total. The van der Waals surface area contributed by atoms with E-state index in [0.29, 0.717) is 28.2 Å². The molecule has 2 aliphatic carbocycles. The van der Waals surface area contributed by atoms with Crippen molar-refractivity contribution in [1.82, 2.24) is 0 Å². The number of rotatable bonds is 2. The Bertz CT molecular complexity index is 901. The molecule has 0 amide bonds. The van der Waals surface area contributed by atoms with Crippen LogP contribution in [0.2, 0.25) is 0 Å². The van der Waals surface area contributed by atoms with Gasteiger partial charge in [0.2, 0.25) is 0 Å². The van der Waals surface area contributed by atoms with Crippen molar-refractivity contribution < 1.29 is 9.59 Å². The zero-order valence-electron chi connectivity index (χ0n) is 12.4. The van der Waals surface area contributed by atoms with Crippen molar-refractivity contribution in [2.45, 2.75) is 0 Å². The number of fused-ring (bicyclic) bond motifs is 2. The van der Waals surface area contributed by atoms with Crippen LogP contribution in [-0.4, -0.2) is 11.6 Å². The van der Waals surface area contributed by atoms with E-state index in [4.69, 9.17) is 0 Å². The van der Waals surface area contributed by atoms with E-state index in [2.05, 4.69) is 18.2 Å². The Hall–Kier alpha value is -3.00. The fourth-order valence-electron chi connectivity index (χ4n) is 3.02. The van der Waals surface area contributed by atoms with E-state index in [1.54, 1.807) is 30.3 Å². The highest BCUT2D eigenvalue weighted by Gasteiger charge is 2.29. The summed E-state index contributed by atoms with van der Waals surface area (Å²) in [6, 6.07) is 12.5. The summed E-state index contributed by atoms with van der Waals surface area (Å²) in [4.78, 5) is 25.2. The molecule has 0 saturated heterocycles. The smallest absolute Gasteiger partial charge is 0.194 e. The largest absolute Gasteiger partial charge is 0.289 e. The second-order valence-corrected chi connectivity index (χ2v) is 5.72. The topological polar surface area (TPSA) is 34.1 Å². The zero-order chi connectivity index (χ0) is 15.8. The third-order valence-corrected chi connectivity index (χ3v) is 4.24. The summed E-state index contributed by atoms with van der Waals surface area (Å²) in [5, 5.41) is 0. The maximum atomic E-state index is 12.7. The summed E-state index contributed by atoms with van der Waals surface area (Å²) in [6.07, 6.45) is 12.3. The van der Waals surface area contributed by atoms with Crippen LogP contribution in [0.5, 0.6) is 0 Å². The van der Waals surface area contributed by atoms with E-state index >= 15 is 0 Å². The van der Waals surface area contributed by atoms with Gasteiger partial charge in [-0.15, -0.1) is 0 Å². The van der Waals surface area contributed by atoms with Gasteiger partial charge >= 0.3 is 0 Å². The fraction of sp³-hybridized carbons (Fsp3) is 0.0476. The molecule has 0 spiro atoms. The van der Waals surface area contributed by atoms with Crippen LogP contribution >= 0.6 is 0 Å². The molecule has 0 saturated carbocycles. The van der Waals surface area contributed by atoms with Crippen LogP contribution in [0.25, 0.3) is 6.08 Å². The number of benzene rings is 2. The van der Waals surface area contributed by atoms with Gasteiger partial charge in [0.1, 0.15) is 0 Å². The monoisotopic (exact) mass is 298 g/mol. The normalized spacial score (nSPS) is 16.2. The molecule has 0 aliphatic heterocycles. The average Bonchev–Trinajstić information content (AvgIpc) is 3.11. The molecule has 23 heavy (non-hydrogen) atoms. The van der Waals surface area contributed by atoms with Gasteiger partial charge in [-0.25, -0.2) is 0 Å². The SMILES string of the molecule is O=C1c2ccccc2C(=O)c2cc(/C=C/C3C=CC=C3)ccc21. The Balaban J connectivity index is 1.74. The lowest BCUT2D eigenvalue weighted by atomic mass is 9.83. The minimum absolute atomic E-state index is 0.0765. The number of hydrogen-bond donors (Lipinski definition) is 0. The van der Waals surface area contributed by atoms with Crippen molar-refractivity contribution in [2.24, 2.45) is 5.92 Å². The number of allylic oxidation sites excluding steroid dienone is 5. The van der Waals surface area contributed by atoms with Gasteiger partial charge in [0.25, 0.3) is 0 Å². The standard InChI is InChI=1S/C21H14O2/c22-20-16-7-3-4-8-17(16)21(23)19-13-15(11-12-18(19)20)10-9-14-5-1-2-6-14/h1-14H/b10-9+. The molecule has 0 fully saturated rings. The fourth-order valence-corrected chi connectivity index (χ4v) is 3.02. The Morgan fingerprint density at radius 1 is 0.739 bits per heavy atom. The maximum absolute atomic E-state index is 12.7. The first kappa shape index (κ1) is 13.6. The van der Waals surface area contributed by atoms with Crippen molar-refractivity contribution >= 4 is 17.6 Å². The molecule has 4 rings (SSSR count). The second-order valence-electron chi connectivity index (χ2n) is 5.72. The van der Waals surface area contributed by atoms with Crippen molar-refractivity contribution in [3.05, 3.63) is 101 Å². The maximum Gasteiger partial charge on any atom is 0.194 e. The van der Waals surface area contributed by atoms with E-state index in [1.807, 2.05) is 30.4 Å². The predicted molar refractivity (Wildman–Crippen MR) is 90.6 cm³/mol. The number of ketones is 2. The minimum atomic E-state index is -0.0777. The van der Waals surface area contributed by atoms with Crippen molar-refractivity contribution in [3.63, 3.8) is 0 Å². The van der Waals surface area contributed by atoms with Gasteiger partial charge in [0, 0.05) is 28.2 Å².